The summed E-state index contributed by atoms with van der Waals surface area (Å²) >= 11 is 0. The van der Waals surface area contributed by atoms with Crippen molar-refractivity contribution in [3.8, 4) is 5.75 Å². The molecule has 2 aromatic carbocycles. The van der Waals surface area contributed by atoms with Crippen LogP contribution in [0.15, 0.2) is 79.6 Å². The number of hydrogen-bond donors (Lipinski definition) is 27. The predicted octanol–water partition coefficient (Wildman–Crippen LogP) is -0.947. The molecule has 4 rings (SSSR count). The molecule has 43 heteroatoms. The minimum Gasteiger partial charge on any atom is -0.508 e. The molecule has 720 valence electrons. The van der Waals surface area contributed by atoms with Crippen LogP contribution in [-0.2, 0) is 92.8 Å². The number of aromatic hydroxyl groups is 1. The number of aromatic amines is 2. The van der Waals surface area contributed by atoms with Gasteiger partial charge in [-0.2, -0.15) is 0 Å². The van der Waals surface area contributed by atoms with E-state index >= 15 is 0 Å². The van der Waals surface area contributed by atoms with E-state index in [1.807, 2.05) is 0 Å². The number of hydrogen-bond acceptors (Lipinski definition) is 21. The first-order valence-corrected chi connectivity index (χ1v) is 44.9. The van der Waals surface area contributed by atoms with Gasteiger partial charge in [-0.25, -0.2) is 9.97 Å². The molecule has 13 unspecified atom stereocenters. The summed E-state index contributed by atoms with van der Waals surface area (Å²) in [6, 6.07) is -3.79. The Bertz CT molecular complexity index is 4220. The Labute approximate surface area is 758 Å². The number of nitrogens with zero attached hydrogens (tertiary/aromatic N) is 2. The third-order valence-corrected chi connectivity index (χ3v) is 21.6. The van der Waals surface area contributed by atoms with Crippen LogP contribution in [0.1, 0.15) is 218 Å². The molecule has 0 spiro atoms. The Morgan fingerprint density at radius 2 is 0.746 bits per heavy atom. The number of carbonyl (C=O) groups excluding carboxylic acids is 14. The number of aromatic nitrogens is 4. The highest BCUT2D eigenvalue weighted by atomic mass is 16.3. The first-order valence-electron chi connectivity index (χ1n) is 44.9. The lowest BCUT2D eigenvalue weighted by Gasteiger charge is -2.29. The van der Waals surface area contributed by atoms with Gasteiger partial charge in [-0.05, 0) is 92.9 Å². The number of phenols is 1. The Morgan fingerprint density at radius 1 is 0.385 bits per heavy atom. The molecule has 0 fully saturated rings. The normalized spacial score (nSPS) is 14.1. The standard InChI is InChI=1S/C87H141N27O16/c1-7-10-11-12-13-14-15-16-17-18-19-20-24-33-71(118)103-65(42-54-28-22-21-23-29-54)79(125)107-60(30-25-38-98-85(90)91)75(121)106-62(32-27-40-100-87(94)95)76(122)109-64(41-52(4)5)78(124)111-67(45-57-48-97-51-102-57)80(126)113-69(49-115)83(129)104-59(9-3)74(120)105-61(31-26-39-99-86(92)93)77(123)112-68(46-70(88)117)81(127)110-66(43-55-34-36-58(116)37-35-55)82(128)114-72(53(6)8-2)84(130)108-63(73(89)119)44-56-47-96-50-101-56/h21-23,28-29,34-37,47-48,50-53,59-69,72,115-116H,7-20,24-27,30-33,38-46,49H2,1-6H3,(H2,88,117)(H2,89,119)(H,96,101)(H,97,102)(H,103,118)(H,104,129)(H,105,120)(H,106,121)(H,107,125)(H,108,130)(H,109,122)(H,110,127)(H,111,124)(H,112,123)(H,113,126)(H,114,128)(H4,90,91,98)(H4,92,93,99)(H4,94,95,100). The largest absolute Gasteiger partial charge is 0.508 e. The minimum absolute atomic E-state index is 0.0105. The monoisotopic (exact) mass is 1820 g/mol. The van der Waals surface area contributed by atoms with Gasteiger partial charge >= 0.3 is 0 Å². The maximum Gasteiger partial charge on any atom is 0.245 e. The highest BCUT2D eigenvalue weighted by Crippen LogP contribution is 2.19. The fraction of sp³-hybridized carbons (Fsp3) is 0.598. The summed E-state index contributed by atoms with van der Waals surface area (Å²) in [5, 5.41) is 83.4. The van der Waals surface area contributed by atoms with Crippen LogP contribution in [0.25, 0.3) is 0 Å². The van der Waals surface area contributed by atoms with E-state index in [1.165, 1.54) is 108 Å². The van der Waals surface area contributed by atoms with Crippen LogP contribution in [0.2, 0.25) is 0 Å². The Morgan fingerprint density at radius 3 is 1.17 bits per heavy atom. The van der Waals surface area contributed by atoms with E-state index in [2.05, 4.69) is 107 Å². The molecule has 13 atom stereocenters. The number of benzene rings is 2. The maximum atomic E-state index is 14.9. The Kier molecular flexibility index (Phi) is 51.0. The number of carbonyl (C=O) groups is 14. The molecule has 43 nitrogen and oxygen atoms in total. The smallest absolute Gasteiger partial charge is 0.245 e. The summed E-state index contributed by atoms with van der Waals surface area (Å²) in [6.07, 6.45) is 18.3. The number of guanidine groups is 3. The van der Waals surface area contributed by atoms with Gasteiger partial charge in [-0.1, -0.05) is 167 Å². The highest BCUT2D eigenvalue weighted by molar-refractivity contribution is 6.01. The molecule has 2 heterocycles. The van der Waals surface area contributed by atoms with Gasteiger partial charge in [0.15, 0.2) is 17.9 Å². The van der Waals surface area contributed by atoms with E-state index in [-0.39, 0.29) is 138 Å². The van der Waals surface area contributed by atoms with Crippen molar-refractivity contribution in [1.29, 1.82) is 16.2 Å². The average Bonchev–Trinajstić information content (AvgIpc) is 1.32. The predicted molar refractivity (Wildman–Crippen MR) is 487 cm³/mol. The zero-order valence-corrected chi connectivity index (χ0v) is 75.6. The molecule has 0 aliphatic carbocycles. The van der Waals surface area contributed by atoms with Gasteiger partial charge in [0.2, 0.25) is 82.7 Å². The molecule has 2 aromatic heterocycles. The van der Waals surface area contributed by atoms with Gasteiger partial charge in [-0.3, -0.25) is 83.4 Å². The first kappa shape index (κ1) is 109. The van der Waals surface area contributed by atoms with Gasteiger partial charge in [0.05, 0.1) is 25.7 Å². The number of amides is 14. The second-order valence-electron chi connectivity index (χ2n) is 33.0. The number of phenolic OH excluding ortho intramolecular Hbond substituents is 1. The molecule has 0 aliphatic rings. The number of rotatable bonds is 66. The van der Waals surface area contributed by atoms with Crippen molar-refractivity contribution in [3.05, 3.63) is 102 Å². The minimum atomic E-state index is -1.89. The van der Waals surface area contributed by atoms with E-state index in [0.717, 1.165) is 25.7 Å². The molecule has 0 radical (unpaired) electrons. The van der Waals surface area contributed by atoms with Crippen LogP contribution in [0.5, 0.6) is 5.75 Å². The van der Waals surface area contributed by atoms with Crippen LogP contribution in [0, 0.1) is 28.1 Å². The summed E-state index contributed by atoms with van der Waals surface area (Å²) in [5.41, 5.74) is 29.9. The lowest BCUT2D eigenvalue weighted by Crippen LogP contribution is -2.62. The van der Waals surface area contributed by atoms with Crippen LogP contribution >= 0.6 is 0 Å². The van der Waals surface area contributed by atoms with Crippen molar-refractivity contribution >= 4 is 101 Å². The number of aliphatic hydroxyl groups is 1. The third-order valence-electron chi connectivity index (χ3n) is 21.6. The molecular weight excluding hydrogens is 1680 g/mol. The summed E-state index contributed by atoms with van der Waals surface area (Å²) in [5.74, 6) is -15.4. The van der Waals surface area contributed by atoms with Gasteiger partial charge < -0.3 is 129 Å². The van der Waals surface area contributed by atoms with E-state index in [4.69, 9.17) is 44.9 Å². The number of nitrogens with two attached hydrogens (primary N) is 5. The van der Waals surface area contributed by atoms with Gasteiger partial charge in [0.1, 0.15) is 78.3 Å². The van der Waals surface area contributed by atoms with Crippen molar-refractivity contribution in [2.75, 3.05) is 26.2 Å². The molecule has 0 aliphatic heterocycles. The number of H-pyrrole nitrogens is 2. The summed E-state index contributed by atoms with van der Waals surface area (Å²) in [4.78, 5) is 213. The molecule has 32 N–H and O–H groups in total. The second kappa shape index (κ2) is 60.7. The fourth-order valence-corrected chi connectivity index (χ4v) is 14.1. The SMILES string of the molecule is CCCCCCCCCCCCCCCC(=O)NC(Cc1ccccc1)C(=O)NC(CCCNC(=N)N)C(=O)NC(CCCNC(=N)N)C(=O)NC(CC(C)C)C(=O)NC(Cc1cnc[nH]1)C(=O)NC(CO)C(=O)NC(CC)C(=O)NC(CCCNC(=N)N)C(=O)NC(CC(N)=O)C(=O)NC(Cc1ccc(O)cc1)C(=O)NC(C(=O)NC(Cc1cnc[nH]1)C(N)=O)C(C)CC. The van der Waals surface area contributed by atoms with E-state index < -0.39 is 174 Å². The zero-order valence-electron chi connectivity index (χ0n) is 75.6. The molecule has 14 amide bonds. The lowest BCUT2D eigenvalue weighted by atomic mass is 9.96. The molecular formula is C87H141N27O16. The molecule has 130 heavy (non-hydrogen) atoms. The van der Waals surface area contributed by atoms with Crippen molar-refractivity contribution in [2.45, 2.75) is 294 Å². The van der Waals surface area contributed by atoms with Crippen molar-refractivity contribution in [3.63, 3.8) is 0 Å². The zero-order chi connectivity index (χ0) is 96.0. The summed E-state index contributed by atoms with van der Waals surface area (Å²) in [6.45, 7) is 9.52. The van der Waals surface area contributed by atoms with E-state index in [9.17, 15) is 77.3 Å². The quantitative estimate of drug-likeness (QED) is 0.0144. The number of imidazole rings is 2. The Balaban J connectivity index is 1.58. The van der Waals surface area contributed by atoms with Crippen molar-refractivity contribution in [2.24, 2.45) is 40.5 Å². The van der Waals surface area contributed by atoms with E-state index in [1.54, 1.807) is 58.0 Å². The number of aliphatic hydroxyl groups excluding tert-OH is 1. The van der Waals surface area contributed by atoms with Crippen LogP contribution in [-0.4, -0.2) is 229 Å². The van der Waals surface area contributed by atoms with Crippen LogP contribution in [0.4, 0.5) is 0 Å². The topological polar surface area (TPSA) is 719 Å². The van der Waals surface area contributed by atoms with E-state index in [0.29, 0.717) is 29.7 Å². The average molecular weight is 1820 g/mol. The van der Waals surface area contributed by atoms with Gasteiger partial charge in [0, 0.05) is 75.5 Å². The molecule has 0 saturated heterocycles. The number of unbranched alkanes of at least 4 members (excludes halogenated alkanes) is 12. The Hall–Kier alpha value is -13.0. The first-order chi connectivity index (χ1) is 62.0. The molecule has 4 aromatic rings. The second-order valence-corrected chi connectivity index (χ2v) is 33.0. The molecule has 0 bridgehead atoms. The maximum absolute atomic E-state index is 14.9. The van der Waals surface area contributed by atoms with Crippen LogP contribution in [0.3, 0.4) is 0 Å². The highest BCUT2D eigenvalue weighted by Gasteiger charge is 2.39. The van der Waals surface area contributed by atoms with Crippen molar-refractivity contribution in [1.82, 2.24) is 99.7 Å². The summed E-state index contributed by atoms with van der Waals surface area (Å²) in [7, 11) is 0. The third kappa shape index (κ3) is 43.7. The fourth-order valence-electron chi connectivity index (χ4n) is 14.1. The summed E-state index contributed by atoms with van der Waals surface area (Å²) < 4.78 is 0. The van der Waals surface area contributed by atoms with Crippen LogP contribution < -0.4 is 108 Å². The van der Waals surface area contributed by atoms with Gasteiger partial charge in [-0.15, -0.1) is 0 Å². The number of nitrogens with one attached hydrogen (secondary N) is 20. The number of primary amides is 2. The van der Waals surface area contributed by atoms with Gasteiger partial charge in [0.25, 0.3) is 0 Å². The molecule has 0 saturated carbocycles. The van der Waals surface area contributed by atoms with Crippen molar-refractivity contribution < 1.29 is 77.3 Å². The lowest BCUT2D eigenvalue weighted by molar-refractivity contribution is -0.137.